The smallest absolute Gasteiger partial charge is 0.351 e. The van der Waals surface area contributed by atoms with Crippen LogP contribution in [0.25, 0.3) is 0 Å². The summed E-state index contributed by atoms with van der Waals surface area (Å²) in [4.78, 5) is 28.9. The third kappa shape index (κ3) is 4.93. The second-order valence-corrected chi connectivity index (χ2v) is 7.13. The molecule has 0 bridgehead atoms. The molecule has 9 nitrogen and oxygen atoms in total. The Balaban J connectivity index is 1.78. The van der Waals surface area contributed by atoms with E-state index in [1.165, 1.54) is 16.8 Å². The van der Waals surface area contributed by atoms with Crippen molar-refractivity contribution in [1.29, 1.82) is 0 Å². The second-order valence-electron chi connectivity index (χ2n) is 7.13. The van der Waals surface area contributed by atoms with Gasteiger partial charge in [-0.2, -0.15) is 4.98 Å². The Labute approximate surface area is 174 Å². The Hall–Kier alpha value is -2.59. The van der Waals surface area contributed by atoms with E-state index in [4.69, 9.17) is 14.2 Å². The molecule has 1 fully saturated rings. The van der Waals surface area contributed by atoms with Gasteiger partial charge in [-0.1, -0.05) is 25.1 Å². The number of nitrogens with zero attached hydrogens (tertiary/aromatic N) is 2. The van der Waals surface area contributed by atoms with Gasteiger partial charge in [-0.25, -0.2) is 4.79 Å². The largest absolute Gasteiger partial charge is 0.388 e. The van der Waals surface area contributed by atoms with Gasteiger partial charge in [0.05, 0.1) is 18.8 Å². The van der Waals surface area contributed by atoms with Crippen molar-refractivity contribution in [3.8, 4) is 0 Å². The van der Waals surface area contributed by atoms with Crippen molar-refractivity contribution in [3.05, 3.63) is 58.6 Å². The fraction of sp³-hybridized carbons (Fsp3) is 0.476. The Kier molecular flexibility index (Phi) is 7.33. The molecule has 1 aliphatic heterocycles. The SMILES string of the molecule is CC[C@H]1O[C@@H](n2ccc(NC(=O)c3ccccc3)nc2=O)[C@@H](OCC(C)OC)C1O. The van der Waals surface area contributed by atoms with E-state index in [0.717, 1.165) is 0 Å². The summed E-state index contributed by atoms with van der Waals surface area (Å²) in [6, 6.07) is 10.1. The molecule has 2 aromatic rings. The summed E-state index contributed by atoms with van der Waals surface area (Å²) < 4.78 is 18.1. The molecule has 2 unspecified atom stereocenters. The number of aliphatic hydroxyl groups is 1. The van der Waals surface area contributed by atoms with Crippen LogP contribution >= 0.6 is 0 Å². The number of anilines is 1. The third-order valence-corrected chi connectivity index (χ3v) is 5.02. The summed E-state index contributed by atoms with van der Waals surface area (Å²) in [6.07, 6.45) is -1.10. The fourth-order valence-electron chi connectivity index (χ4n) is 3.23. The van der Waals surface area contributed by atoms with Gasteiger partial charge >= 0.3 is 5.69 Å². The van der Waals surface area contributed by atoms with E-state index in [-0.39, 0.29) is 24.4 Å². The van der Waals surface area contributed by atoms with Crippen molar-refractivity contribution in [3.63, 3.8) is 0 Å². The summed E-state index contributed by atoms with van der Waals surface area (Å²) >= 11 is 0. The first kappa shape index (κ1) is 22.1. The molecule has 3 rings (SSSR count). The first-order valence-electron chi connectivity index (χ1n) is 9.88. The van der Waals surface area contributed by atoms with Crippen LogP contribution in [0.3, 0.4) is 0 Å². The van der Waals surface area contributed by atoms with E-state index in [1.807, 2.05) is 19.9 Å². The highest BCUT2D eigenvalue weighted by atomic mass is 16.6. The molecule has 1 saturated heterocycles. The Morgan fingerprint density at radius 2 is 2.07 bits per heavy atom. The van der Waals surface area contributed by atoms with Gasteiger partial charge in [-0.05, 0) is 31.5 Å². The molecule has 1 aromatic carbocycles. The van der Waals surface area contributed by atoms with Crippen molar-refractivity contribution < 1.29 is 24.1 Å². The van der Waals surface area contributed by atoms with Gasteiger partial charge < -0.3 is 24.6 Å². The van der Waals surface area contributed by atoms with Gasteiger partial charge in [-0.3, -0.25) is 9.36 Å². The highest BCUT2D eigenvalue weighted by Gasteiger charge is 2.45. The van der Waals surface area contributed by atoms with Crippen LogP contribution in [-0.4, -0.2) is 58.7 Å². The van der Waals surface area contributed by atoms with Crippen molar-refractivity contribution in [2.24, 2.45) is 0 Å². The maximum absolute atomic E-state index is 12.6. The van der Waals surface area contributed by atoms with E-state index < -0.39 is 30.2 Å². The first-order chi connectivity index (χ1) is 14.4. The number of carbonyl (C=O) groups excluding carboxylic acids is 1. The van der Waals surface area contributed by atoms with Crippen LogP contribution in [0.15, 0.2) is 47.4 Å². The molecule has 162 valence electrons. The minimum Gasteiger partial charge on any atom is -0.388 e. The molecule has 9 heteroatoms. The number of hydrogen-bond acceptors (Lipinski definition) is 7. The molecule has 0 radical (unpaired) electrons. The second kappa shape index (κ2) is 9.94. The lowest BCUT2D eigenvalue weighted by atomic mass is 10.1. The first-order valence-corrected chi connectivity index (χ1v) is 9.88. The van der Waals surface area contributed by atoms with Gasteiger partial charge in [0, 0.05) is 18.9 Å². The van der Waals surface area contributed by atoms with Gasteiger partial charge in [-0.15, -0.1) is 0 Å². The lowest BCUT2D eigenvalue weighted by Crippen LogP contribution is -2.39. The Morgan fingerprint density at radius 1 is 1.33 bits per heavy atom. The summed E-state index contributed by atoms with van der Waals surface area (Å²) in [7, 11) is 1.57. The molecule has 0 saturated carbocycles. The van der Waals surface area contributed by atoms with Crippen molar-refractivity contribution >= 4 is 11.7 Å². The molecule has 30 heavy (non-hydrogen) atoms. The molecule has 5 atom stereocenters. The standard InChI is InChI=1S/C21H27N3O6/c1-4-15-17(25)18(29-12-13(2)28-3)20(30-15)24-11-10-16(23-21(24)27)22-19(26)14-8-6-5-7-9-14/h5-11,13,15,17-18,20,25H,4,12H2,1-3H3,(H,22,23,26,27)/t13?,15-,17?,18+,20-/m1/s1. The summed E-state index contributed by atoms with van der Waals surface area (Å²) in [5.41, 5.74) is -0.166. The number of rotatable bonds is 8. The van der Waals surface area contributed by atoms with Gasteiger partial charge in [0.15, 0.2) is 6.23 Å². The topological polar surface area (TPSA) is 112 Å². The number of ether oxygens (including phenoxy) is 3. The predicted molar refractivity (Wildman–Crippen MR) is 109 cm³/mol. The number of nitrogens with one attached hydrogen (secondary N) is 1. The van der Waals surface area contributed by atoms with E-state index >= 15 is 0 Å². The quantitative estimate of drug-likeness (QED) is 0.671. The fourth-order valence-corrected chi connectivity index (χ4v) is 3.23. The molecule has 1 aliphatic rings. The molecular weight excluding hydrogens is 390 g/mol. The third-order valence-electron chi connectivity index (χ3n) is 5.02. The summed E-state index contributed by atoms with van der Waals surface area (Å²) in [6.45, 7) is 3.96. The Morgan fingerprint density at radius 3 is 2.70 bits per heavy atom. The summed E-state index contributed by atoms with van der Waals surface area (Å²) in [5, 5.41) is 13.2. The van der Waals surface area contributed by atoms with Gasteiger partial charge in [0.25, 0.3) is 5.91 Å². The summed E-state index contributed by atoms with van der Waals surface area (Å²) in [5.74, 6) is -0.241. The normalized spacial score (nSPS) is 24.5. The number of hydrogen-bond donors (Lipinski definition) is 2. The van der Waals surface area contributed by atoms with Crippen LogP contribution in [0.5, 0.6) is 0 Å². The lowest BCUT2D eigenvalue weighted by molar-refractivity contribution is -0.0931. The number of amides is 1. The van der Waals surface area contributed by atoms with Crippen LogP contribution in [0.2, 0.25) is 0 Å². The molecular formula is C21H27N3O6. The van der Waals surface area contributed by atoms with Crippen molar-refractivity contribution in [2.75, 3.05) is 19.0 Å². The van der Waals surface area contributed by atoms with E-state index in [9.17, 15) is 14.7 Å². The van der Waals surface area contributed by atoms with Crippen LogP contribution in [0.1, 0.15) is 36.9 Å². The van der Waals surface area contributed by atoms with Crippen LogP contribution < -0.4 is 11.0 Å². The average Bonchev–Trinajstić information content (AvgIpc) is 3.07. The zero-order valence-corrected chi connectivity index (χ0v) is 17.2. The number of aliphatic hydroxyl groups excluding tert-OH is 1. The number of aromatic nitrogens is 2. The molecule has 0 spiro atoms. The van der Waals surface area contributed by atoms with Gasteiger partial charge in [0.2, 0.25) is 0 Å². The molecule has 1 amide bonds. The minimum atomic E-state index is -0.895. The molecule has 0 aliphatic carbocycles. The molecule has 2 N–H and O–H groups in total. The monoisotopic (exact) mass is 417 g/mol. The van der Waals surface area contributed by atoms with Gasteiger partial charge in [0.1, 0.15) is 18.0 Å². The zero-order chi connectivity index (χ0) is 21.7. The highest BCUT2D eigenvalue weighted by Crippen LogP contribution is 2.32. The average molecular weight is 417 g/mol. The van der Waals surface area contributed by atoms with E-state index in [0.29, 0.717) is 12.0 Å². The maximum atomic E-state index is 12.6. The highest BCUT2D eigenvalue weighted by molar-refractivity contribution is 6.03. The number of benzene rings is 1. The number of carbonyl (C=O) groups is 1. The lowest BCUT2D eigenvalue weighted by Gasteiger charge is -2.23. The van der Waals surface area contributed by atoms with Crippen LogP contribution in [-0.2, 0) is 14.2 Å². The van der Waals surface area contributed by atoms with E-state index in [1.54, 1.807) is 31.4 Å². The van der Waals surface area contributed by atoms with Crippen molar-refractivity contribution in [2.45, 2.75) is 50.9 Å². The Bertz CT molecular complexity index is 903. The van der Waals surface area contributed by atoms with Crippen LogP contribution in [0, 0.1) is 0 Å². The molecule has 2 heterocycles. The van der Waals surface area contributed by atoms with Crippen LogP contribution in [0.4, 0.5) is 5.82 Å². The maximum Gasteiger partial charge on any atom is 0.351 e. The number of methoxy groups -OCH3 is 1. The minimum absolute atomic E-state index is 0.126. The molecule has 1 aromatic heterocycles. The van der Waals surface area contributed by atoms with E-state index in [2.05, 4.69) is 10.3 Å². The van der Waals surface area contributed by atoms with Crippen molar-refractivity contribution in [1.82, 2.24) is 9.55 Å². The zero-order valence-electron chi connectivity index (χ0n) is 17.2. The predicted octanol–water partition coefficient (Wildman–Crippen LogP) is 1.58.